The lowest BCUT2D eigenvalue weighted by Gasteiger charge is -2.10. The fraction of sp³-hybridized carbons (Fsp3) is 0.133. The Hall–Kier alpha value is -2.58. The van der Waals surface area contributed by atoms with Crippen molar-refractivity contribution < 1.29 is 4.92 Å². The van der Waals surface area contributed by atoms with E-state index in [0.717, 1.165) is 16.8 Å². The molecule has 2 aromatic rings. The number of nitrogens with one attached hydrogen (secondary N) is 1. The van der Waals surface area contributed by atoms with Gasteiger partial charge in [0.25, 0.3) is 5.69 Å². The van der Waals surface area contributed by atoms with Gasteiger partial charge in [-0.1, -0.05) is 23.7 Å². The number of hydrogen-bond donors (Lipinski definition) is 1. The van der Waals surface area contributed by atoms with Crippen molar-refractivity contribution in [2.45, 2.75) is 13.5 Å². The molecule has 0 aliphatic heterocycles. The van der Waals surface area contributed by atoms with E-state index in [1.54, 1.807) is 25.1 Å². The number of benzene rings is 2. The lowest BCUT2D eigenvalue weighted by molar-refractivity contribution is -0.384. The maximum absolute atomic E-state index is 10.8. The maximum Gasteiger partial charge on any atom is 0.288 e. The van der Waals surface area contributed by atoms with Crippen molar-refractivity contribution in [3.05, 3.63) is 68.2 Å². The zero-order valence-corrected chi connectivity index (χ0v) is 12.0. The quantitative estimate of drug-likeness (QED) is 0.682. The number of nitrogens with zero attached hydrogens (tertiary/aromatic N) is 2. The van der Waals surface area contributed by atoms with Crippen molar-refractivity contribution in [1.29, 1.82) is 5.26 Å². The van der Waals surface area contributed by atoms with Crippen molar-refractivity contribution >= 4 is 23.0 Å². The van der Waals surface area contributed by atoms with Crippen LogP contribution in [0.4, 0.5) is 11.4 Å². The molecule has 0 atom stereocenters. The number of nitro groups is 1. The third-order valence-electron chi connectivity index (χ3n) is 3.06. The Labute approximate surface area is 126 Å². The average Bonchev–Trinajstić information content (AvgIpc) is 2.48. The first-order chi connectivity index (χ1) is 10.0. The van der Waals surface area contributed by atoms with Gasteiger partial charge in [0.15, 0.2) is 0 Å². The summed E-state index contributed by atoms with van der Waals surface area (Å²) in [6.07, 6.45) is 0. The number of hydrogen-bond acceptors (Lipinski definition) is 4. The highest BCUT2D eigenvalue weighted by Gasteiger charge is 2.14. The molecule has 0 heterocycles. The molecule has 21 heavy (non-hydrogen) atoms. The van der Waals surface area contributed by atoms with E-state index >= 15 is 0 Å². The van der Waals surface area contributed by atoms with E-state index in [1.165, 1.54) is 6.07 Å². The molecule has 0 saturated heterocycles. The minimum Gasteiger partial charge on any atom is -0.381 e. The van der Waals surface area contributed by atoms with E-state index in [-0.39, 0.29) is 10.7 Å². The predicted octanol–water partition coefficient (Wildman–Crippen LogP) is 4.04. The lowest BCUT2D eigenvalue weighted by Crippen LogP contribution is -2.02. The Morgan fingerprint density at radius 2 is 2.00 bits per heavy atom. The molecule has 0 aliphatic carbocycles. The molecule has 1 N–H and O–H groups in total. The number of anilines is 1. The normalized spacial score (nSPS) is 9.95. The standard InChI is InChI=1S/C15H12ClN3O2/c1-10-6-15(19(20)21)13(16)7-14(10)18-9-12-4-2-11(8-17)3-5-12/h2-7,18H,9H2,1H3. The van der Waals surface area contributed by atoms with Crippen molar-refractivity contribution in [2.75, 3.05) is 5.32 Å². The van der Waals surface area contributed by atoms with Gasteiger partial charge < -0.3 is 5.32 Å². The van der Waals surface area contributed by atoms with Crippen LogP contribution in [0.3, 0.4) is 0 Å². The zero-order valence-electron chi connectivity index (χ0n) is 11.3. The van der Waals surface area contributed by atoms with Crippen molar-refractivity contribution in [3.63, 3.8) is 0 Å². The smallest absolute Gasteiger partial charge is 0.288 e. The topological polar surface area (TPSA) is 79.0 Å². The van der Waals surface area contributed by atoms with Gasteiger partial charge >= 0.3 is 0 Å². The van der Waals surface area contributed by atoms with Crippen LogP contribution < -0.4 is 5.32 Å². The fourth-order valence-electron chi connectivity index (χ4n) is 1.89. The van der Waals surface area contributed by atoms with Gasteiger partial charge in [0.2, 0.25) is 0 Å². The Kier molecular flexibility index (Phi) is 4.41. The largest absolute Gasteiger partial charge is 0.381 e. The van der Waals surface area contributed by atoms with Crippen LogP contribution >= 0.6 is 11.6 Å². The second-order valence-electron chi connectivity index (χ2n) is 4.54. The van der Waals surface area contributed by atoms with Crippen LogP contribution in [-0.4, -0.2) is 4.92 Å². The molecular formula is C15H12ClN3O2. The molecule has 0 spiro atoms. The highest BCUT2D eigenvalue weighted by molar-refractivity contribution is 6.33. The van der Waals surface area contributed by atoms with Crippen molar-refractivity contribution in [1.82, 2.24) is 0 Å². The van der Waals surface area contributed by atoms with Gasteiger partial charge in [0.1, 0.15) is 5.02 Å². The lowest BCUT2D eigenvalue weighted by atomic mass is 10.1. The fourth-order valence-corrected chi connectivity index (χ4v) is 2.12. The van der Waals surface area contributed by atoms with Crippen LogP contribution in [0.1, 0.15) is 16.7 Å². The van der Waals surface area contributed by atoms with E-state index in [4.69, 9.17) is 16.9 Å². The Morgan fingerprint density at radius 3 is 2.57 bits per heavy atom. The molecule has 6 heteroatoms. The van der Waals surface area contributed by atoms with Gasteiger partial charge in [-0.3, -0.25) is 10.1 Å². The van der Waals surface area contributed by atoms with Crippen LogP contribution in [0.15, 0.2) is 36.4 Å². The zero-order chi connectivity index (χ0) is 15.4. The molecule has 106 valence electrons. The third kappa shape index (κ3) is 3.50. The summed E-state index contributed by atoms with van der Waals surface area (Å²) in [6.45, 7) is 2.32. The summed E-state index contributed by atoms with van der Waals surface area (Å²) in [6, 6.07) is 12.3. The molecule has 0 bridgehead atoms. The maximum atomic E-state index is 10.8. The summed E-state index contributed by atoms with van der Waals surface area (Å²) in [5.41, 5.74) is 3.00. The van der Waals surface area contributed by atoms with Crippen molar-refractivity contribution in [3.8, 4) is 6.07 Å². The second-order valence-corrected chi connectivity index (χ2v) is 4.95. The monoisotopic (exact) mass is 301 g/mol. The molecule has 0 amide bonds. The van der Waals surface area contributed by atoms with E-state index in [2.05, 4.69) is 11.4 Å². The molecular weight excluding hydrogens is 290 g/mol. The van der Waals surface area contributed by atoms with Crippen molar-refractivity contribution in [2.24, 2.45) is 0 Å². The van der Waals surface area contributed by atoms with Gasteiger partial charge in [-0.25, -0.2) is 0 Å². The molecule has 0 radical (unpaired) electrons. The van der Waals surface area contributed by atoms with Gasteiger partial charge in [-0.15, -0.1) is 0 Å². The first-order valence-corrected chi connectivity index (χ1v) is 6.56. The molecule has 2 aromatic carbocycles. The summed E-state index contributed by atoms with van der Waals surface area (Å²) >= 11 is 5.90. The highest BCUT2D eigenvalue weighted by Crippen LogP contribution is 2.30. The number of rotatable bonds is 4. The Balaban J connectivity index is 2.14. The Morgan fingerprint density at radius 1 is 1.33 bits per heavy atom. The molecule has 2 rings (SSSR count). The summed E-state index contributed by atoms with van der Waals surface area (Å²) < 4.78 is 0. The predicted molar refractivity (Wildman–Crippen MR) is 81.3 cm³/mol. The molecule has 0 saturated carbocycles. The molecule has 0 fully saturated rings. The minimum atomic E-state index is -0.500. The van der Waals surface area contributed by atoms with E-state index in [1.807, 2.05) is 12.1 Å². The molecule has 0 unspecified atom stereocenters. The average molecular weight is 302 g/mol. The van der Waals surface area contributed by atoms with Crippen LogP contribution in [0.25, 0.3) is 0 Å². The van der Waals surface area contributed by atoms with Gasteiger partial charge in [0.05, 0.1) is 16.6 Å². The van der Waals surface area contributed by atoms with E-state index < -0.39 is 4.92 Å². The first-order valence-electron chi connectivity index (χ1n) is 6.18. The summed E-state index contributed by atoms with van der Waals surface area (Å²) in [4.78, 5) is 10.3. The van der Waals surface area contributed by atoms with Gasteiger partial charge in [-0.05, 0) is 36.2 Å². The number of nitriles is 1. The van der Waals surface area contributed by atoms with Crippen LogP contribution in [0.2, 0.25) is 5.02 Å². The first kappa shape index (κ1) is 14.8. The van der Waals surface area contributed by atoms with Crippen LogP contribution in [0.5, 0.6) is 0 Å². The molecule has 0 aromatic heterocycles. The number of halogens is 1. The number of nitro benzene ring substituents is 1. The Bertz CT molecular complexity index is 721. The summed E-state index contributed by atoms with van der Waals surface area (Å²) in [5.74, 6) is 0. The van der Waals surface area contributed by atoms with E-state index in [9.17, 15) is 10.1 Å². The van der Waals surface area contributed by atoms with Crippen LogP contribution in [0, 0.1) is 28.4 Å². The van der Waals surface area contributed by atoms with E-state index in [0.29, 0.717) is 12.1 Å². The molecule has 5 nitrogen and oxygen atoms in total. The minimum absolute atomic E-state index is 0.0990. The second kappa shape index (κ2) is 6.25. The number of aryl methyl sites for hydroxylation is 1. The van der Waals surface area contributed by atoms with Gasteiger partial charge in [0, 0.05) is 18.3 Å². The SMILES string of the molecule is Cc1cc([N+](=O)[O-])c(Cl)cc1NCc1ccc(C#N)cc1. The third-order valence-corrected chi connectivity index (χ3v) is 3.36. The highest BCUT2D eigenvalue weighted by atomic mass is 35.5. The summed E-state index contributed by atoms with van der Waals surface area (Å²) in [5, 5.41) is 22.8. The molecule has 0 aliphatic rings. The summed E-state index contributed by atoms with van der Waals surface area (Å²) in [7, 11) is 0. The van der Waals surface area contributed by atoms with Gasteiger partial charge in [-0.2, -0.15) is 5.26 Å². The van der Waals surface area contributed by atoms with Crippen LogP contribution in [-0.2, 0) is 6.54 Å².